The van der Waals surface area contributed by atoms with Crippen LogP contribution in [0.5, 0.6) is 0 Å². The lowest BCUT2D eigenvalue weighted by Gasteiger charge is -2.24. The van der Waals surface area contributed by atoms with Gasteiger partial charge in [-0.25, -0.2) is 0 Å². The standard InChI is InChI=1S/C9H14Cl3NO3/c1-4-7(6(2)15-5-14-3)16-8(13)9(10,11)12/h4,6-7,13H,1,5H2,2-3H3/t6-,7+/m0/s1. The molecule has 0 aromatic carbocycles. The molecule has 0 rings (SSSR count). The van der Waals surface area contributed by atoms with E-state index in [0.717, 1.165) is 0 Å². The van der Waals surface area contributed by atoms with Gasteiger partial charge in [-0.15, -0.1) is 0 Å². The molecule has 0 saturated carbocycles. The fourth-order valence-electron chi connectivity index (χ4n) is 0.809. The summed E-state index contributed by atoms with van der Waals surface area (Å²) in [5.74, 6) is -0.477. The molecule has 1 N–H and O–H groups in total. The molecule has 2 atom stereocenters. The van der Waals surface area contributed by atoms with Crippen molar-refractivity contribution in [2.24, 2.45) is 0 Å². The first-order valence-corrected chi connectivity index (χ1v) is 5.51. The van der Waals surface area contributed by atoms with Gasteiger partial charge in [-0.2, -0.15) is 0 Å². The van der Waals surface area contributed by atoms with E-state index >= 15 is 0 Å². The number of hydrogen-bond donors (Lipinski definition) is 1. The van der Waals surface area contributed by atoms with Gasteiger partial charge in [0, 0.05) is 7.11 Å². The zero-order chi connectivity index (χ0) is 12.8. The summed E-state index contributed by atoms with van der Waals surface area (Å²) >= 11 is 16.4. The van der Waals surface area contributed by atoms with E-state index in [0.29, 0.717) is 0 Å². The summed E-state index contributed by atoms with van der Waals surface area (Å²) in [6.07, 6.45) is 0.508. The maximum atomic E-state index is 7.39. The van der Waals surface area contributed by atoms with Crippen molar-refractivity contribution in [2.75, 3.05) is 13.9 Å². The van der Waals surface area contributed by atoms with Crippen LogP contribution in [0.1, 0.15) is 6.92 Å². The zero-order valence-electron chi connectivity index (χ0n) is 9.00. The molecule has 0 aliphatic rings. The molecular weight excluding hydrogens is 276 g/mol. The van der Waals surface area contributed by atoms with Crippen LogP contribution in [0.15, 0.2) is 12.7 Å². The van der Waals surface area contributed by atoms with Crippen molar-refractivity contribution in [1.82, 2.24) is 0 Å². The van der Waals surface area contributed by atoms with Crippen LogP contribution in [0.3, 0.4) is 0 Å². The van der Waals surface area contributed by atoms with Crippen molar-refractivity contribution in [3.05, 3.63) is 12.7 Å². The Hall–Kier alpha value is -0.0000000000000000416. The number of halogens is 3. The summed E-state index contributed by atoms with van der Waals surface area (Å²) in [5, 5.41) is 7.39. The van der Waals surface area contributed by atoms with Gasteiger partial charge >= 0.3 is 0 Å². The summed E-state index contributed by atoms with van der Waals surface area (Å²) in [6.45, 7) is 5.39. The van der Waals surface area contributed by atoms with E-state index < -0.39 is 15.8 Å². The average molecular weight is 291 g/mol. The second-order valence-corrected chi connectivity index (χ2v) is 5.20. The largest absolute Gasteiger partial charge is 0.468 e. The Bertz CT molecular complexity index is 243. The molecule has 4 nitrogen and oxygen atoms in total. The van der Waals surface area contributed by atoms with Gasteiger partial charge in [0.05, 0.1) is 6.10 Å². The van der Waals surface area contributed by atoms with Crippen molar-refractivity contribution in [2.45, 2.75) is 22.9 Å². The molecule has 0 saturated heterocycles. The van der Waals surface area contributed by atoms with E-state index in [9.17, 15) is 0 Å². The molecule has 0 radical (unpaired) electrons. The Morgan fingerprint density at radius 1 is 1.50 bits per heavy atom. The van der Waals surface area contributed by atoms with Crippen LogP contribution >= 0.6 is 34.8 Å². The summed E-state index contributed by atoms with van der Waals surface area (Å²) in [6, 6.07) is 0. The lowest BCUT2D eigenvalue weighted by molar-refractivity contribution is -0.0921. The van der Waals surface area contributed by atoms with Gasteiger partial charge in [-0.1, -0.05) is 41.4 Å². The molecular formula is C9H14Cl3NO3. The second kappa shape index (κ2) is 7.35. The zero-order valence-corrected chi connectivity index (χ0v) is 11.3. The molecule has 0 fully saturated rings. The molecule has 0 heterocycles. The van der Waals surface area contributed by atoms with Gasteiger partial charge in [-0.3, -0.25) is 5.41 Å². The first kappa shape index (κ1) is 16.0. The Kier molecular flexibility index (Phi) is 7.35. The third-order valence-corrected chi connectivity index (χ3v) is 2.17. The summed E-state index contributed by atoms with van der Waals surface area (Å²) in [5.41, 5.74) is 0. The van der Waals surface area contributed by atoms with Gasteiger partial charge in [0.25, 0.3) is 3.79 Å². The molecule has 0 aliphatic carbocycles. The molecule has 0 aromatic heterocycles. The number of nitrogens with one attached hydrogen (secondary N) is 1. The predicted octanol–water partition coefficient (Wildman–Crippen LogP) is 2.91. The topological polar surface area (TPSA) is 51.5 Å². The van der Waals surface area contributed by atoms with Crippen LogP contribution in [0, 0.1) is 5.41 Å². The minimum atomic E-state index is -1.89. The smallest absolute Gasteiger partial charge is 0.265 e. The summed E-state index contributed by atoms with van der Waals surface area (Å²) in [4.78, 5) is 0. The van der Waals surface area contributed by atoms with Crippen LogP contribution in [-0.4, -0.2) is 35.8 Å². The quantitative estimate of drug-likeness (QED) is 0.269. The van der Waals surface area contributed by atoms with Crippen LogP contribution in [0.2, 0.25) is 0 Å². The van der Waals surface area contributed by atoms with E-state index in [4.69, 9.17) is 54.4 Å². The number of alkyl halides is 3. The monoisotopic (exact) mass is 289 g/mol. The Morgan fingerprint density at radius 3 is 2.44 bits per heavy atom. The van der Waals surface area contributed by atoms with Crippen molar-refractivity contribution < 1.29 is 14.2 Å². The molecule has 0 aliphatic heterocycles. The summed E-state index contributed by atoms with van der Waals surface area (Å²) < 4.78 is 13.2. The lowest BCUT2D eigenvalue weighted by atomic mass is 10.2. The molecule has 0 bridgehead atoms. The van der Waals surface area contributed by atoms with Gasteiger partial charge in [0.2, 0.25) is 5.90 Å². The van der Waals surface area contributed by atoms with Gasteiger partial charge in [0.1, 0.15) is 12.9 Å². The highest BCUT2D eigenvalue weighted by Gasteiger charge is 2.31. The molecule has 94 valence electrons. The van der Waals surface area contributed by atoms with Crippen LogP contribution in [0.4, 0.5) is 0 Å². The van der Waals surface area contributed by atoms with E-state index in [1.54, 1.807) is 6.92 Å². The Balaban J connectivity index is 4.29. The predicted molar refractivity (Wildman–Crippen MR) is 65.5 cm³/mol. The highest BCUT2D eigenvalue weighted by atomic mass is 35.6. The normalized spacial score (nSPS) is 15.3. The van der Waals surface area contributed by atoms with Crippen LogP contribution < -0.4 is 0 Å². The van der Waals surface area contributed by atoms with Crippen molar-refractivity contribution in [3.63, 3.8) is 0 Å². The Morgan fingerprint density at radius 2 is 2.06 bits per heavy atom. The lowest BCUT2D eigenvalue weighted by Crippen LogP contribution is -2.34. The van der Waals surface area contributed by atoms with Crippen LogP contribution in [0.25, 0.3) is 0 Å². The van der Waals surface area contributed by atoms with Gasteiger partial charge in [0.15, 0.2) is 0 Å². The molecule has 0 amide bonds. The average Bonchev–Trinajstić information content (AvgIpc) is 2.20. The molecule has 7 heteroatoms. The van der Waals surface area contributed by atoms with Crippen molar-refractivity contribution >= 4 is 40.7 Å². The fourth-order valence-corrected chi connectivity index (χ4v) is 0.942. The van der Waals surface area contributed by atoms with Crippen LogP contribution in [-0.2, 0) is 14.2 Å². The third kappa shape index (κ3) is 5.92. The molecule has 16 heavy (non-hydrogen) atoms. The third-order valence-electron chi connectivity index (χ3n) is 1.66. The minimum absolute atomic E-state index is 0.107. The molecule has 0 aromatic rings. The van der Waals surface area contributed by atoms with Gasteiger partial charge in [-0.05, 0) is 13.0 Å². The highest BCUT2D eigenvalue weighted by molar-refractivity contribution is 6.76. The number of hydrogen-bond acceptors (Lipinski definition) is 4. The first-order chi connectivity index (χ1) is 7.32. The second-order valence-electron chi connectivity index (χ2n) is 2.92. The molecule has 0 spiro atoms. The number of ether oxygens (including phenoxy) is 3. The highest BCUT2D eigenvalue weighted by Crippen LogP contribution is 2.28. The minimum Gasteiger partial charge on any atom is -0.468 e. The van der Waals surface area contributed by atoms with Crippen molar-refractivity contribution in [1.29, 1.82) is 5.41 Å². The van der Waals surface area contributed by atoms with E-state index in [1.807, 2.05) is 0 Å². The van der Waals surface area contributed by atoms with E-state index in [1.165, 1.54) is 13.2 Å². The fraction of sp³-hybridized carbons (Fsp3) is 0.667. The van der Waals surface area contributed by atoms with E-state index in [-0.39, 0.29) is 12.9 Å². The Labute approximate surface area is 110 Å². The van der Waals surface area contributed by atoms with E-state index in [2.05, 4.69) is 6.58 Å². The maximum Gasteiger partial charge on any atom is 0.265 e. The number of methoxy groups -OCH3 is 1. The first-order valence-electron chi connectivity index (χ1n) is 4.38. The maximum absolute atomic E-state index is 7.39. The summed E-state index contributed by atoms with van der Waals surface area (Å²) in [7, 11) is 1.50. The number of rotatable bonds is 6. The SMILES string of the molecule is C=C[C@@H](OC(=N)C(Cl)(Cl)Cl)[C@H](C)OCOC. The van der Waals surface area contributed by atoms with Crippen molar-refractivity contribution in [3.8, 4) is 0 Å². The van der Waals surface area contributed by atoms with Gasteiger partial charge < -0.3 is 14.2 Å². The molecule has 0 unspecified atom stereocenters.